The summed E-state index contributed by atoms with van der Waals surface area (Å²) in [5, 5.41) is 10.5. The maximum Gasteiger partial charge on any atom is 0.355 e. The minimum atomic E-state index is -3.20. The van der Waals surface area contributed by atoms with Crippen molar-refractivity contribution >= 4 is 27.1 Å². The van der Waals surface area contributed by atoms with Crippen LogP contribution < -0.4 is 0 Å². The fourth-order valence-electron chi connectivity index (χ4n) is 1.44. The van der Waals surface area contributed by atoms with Crippen LogP contribution in [0, 0.1) is 0 Å². The van der Waals surface area contributed by atoms with Crippen molar-refractivity contribution in [3.8, 4) is 0 Å². The molecule has 15 heavy (non-hydrogen) atoms. The summed E-state index contributed by atoms with van der Waals surface area (Å²) in [6.45, 7) is 0. The van der Waals surface area contributed by atoms with Crippen molar-refractivity contribution in [3.05, 3.63) is 16.1 Å². The molecule has 7 heteroatoms. The van der Waals surface area contributed by atoms with E-state index in [1.807, 2.05) is 0 Å². The summed E-state index contributed by atoms with van der Waals surface area (Å²) in [5.41, 5.74) is -0.0788. The first-order valence-corrected chi connectivity index (χ1v) is 7.03. The highest BCUT2D eigenvalue weighted by Crippen LogP contribution is 2.53. The smallest absolute Gasteiger partial charge is 0.355 e. The Morgan fingerprint density at radius 2 is 2.20 bits per heavy atom. The lowest BCUT2D eigenvalue weighted by Gasteiger charge is -2.08. The van der Waals surface area contributed by atoms with Gasteiger partial charge in [-0.15, -0.1) is 11.3 Å². The number of thiazole rings is 1. The summed E-state index contributed by atoms with van der Waals surface area (Å²) >= 11 is 1.10. The zero-order valence-electron chi connectivity index (χ0n) is 7.93. The van der Waals surface area contributed by atoms with Crippen LogP contribution in [0.3, 0.4) is 0 Å². The highest BCUT2D eigenvalue weighted by molar-refractivity contribution is 7.92. The number of aromatic carboxylic acids is 1. The molecule has 0 spiro atoms. The molecule has 82 valence electrons. The Balaban J connectivity index is 2.43. The van der Waals surface area contributed by atoms with Gasteiger partial charge in [0.05, 0.1) is 0 Å². The molecule has 1 aliphatic rings. The Hall–Kier alpha value is -0.950. The van der Waals surface area contributed by atoms with Gasteiger partial charge in [-0.3, -0.25) is 0 Å². The predicted molar refractivity (Wildman–Crippen MR) is 54.8 cm³/mol. The van der Waals surface area contributed by atoms with Gasteiger partial charge in [0.2, 0.25) is 0 Å². The first-order valence-electron chi connectivity index (χ1n) is 4.26. The number of carbonyl (C=O) groups is 1. The van der Waals surface area contributed by atoms with E-state index in [9.17, 15) is 13.2 Å². The molecule has 0 unspecified atom stereocenters. The zero-order chi connectivity index (χ0) is 11.3. The number of rotatable bonds is 3. The Labute approximate surface area is 90.7 Å². The maximum atomic E-state index is 11.5. The van der Waals surface area contributed by atoms with E-state index in [1.165, 1.54) is 11.6 Å². The van der Waals surface area contributed by atoms with Crippen LogP contribution in [-0.4, -0.2) is 30.7 Å². The van der Waals surface area contributed by atoms with Crippen LogP contribution in [0.15, 0.2) is 5.38 Å². The first kappa shape index (κ1) is 10.6. The van der Waals surface area contributed by atoms with Crippen molar-refractivity contribution in [2.24, 2.45) is 0 Å². The van der Waals surface area contributed by atoms with E-state index in [4.69, 9.17) is 5.11 Å². The molecule has 0 amide bonds. The number of nitrogens with zero attached hydrogens (tertiary/aromatic N) is 1. The average molecular weight is 247 g/mol. The fraction of sp³-hybridized carbons (Fsp3) is 0.500. The van der Waals surface area contributed by atoms with Gasteiger partial charge < -0.3 is 5.11 Å². The van der Waals surface area contributed by atoms with Gasteiger partial charge in [-0.1, -0.05) is 0 Å². The van der Waals surface area contributed by atoms with Gasteiger partial charge in [-0.05, 0) is 12.8 Å². The van der Waals surface area contributed by atoms with E-state index in [-0.39, 0.29) is 5.69 Å². The van der Waals surface area contributed by atoms with Gasteiger partial charge in [0.1, 0.15) is 9.75 Å². The van der Waals surface area contributed by atoms with Gasteiger partial charge in [0, 0.05) is 11.6 Å². The van der Waals surface area contributed by atoms with Crippen LogP contribution in [0.1, 0.15) is 28.3 Å². The minimum absolute atomic E-state index is 0.0788. The van der Waals surface area contributed by atoms with Crippen molar-refractivity contribution in [3.63, 3.8) is 0 Å². The Kier molecular flexibility index (Phi) is 2.13. The van der Waals surface area contributed by atoms with E-state index in [0.29, 0.717) is 17.8 Å². The Morgan fingerprint density at radius 1 is 1.60 bits per heavy atom. The topological polar surface area (TPSA) is 84.3 Å². The second-order valence-electron chi connectivity index (χ2n) is 3.61. The van der Waals surface area contributed by atoms with Gasteiger partial charge in [-0.25, -0.2) is 18.2 Å². The second-order valence-corrected chi connectivity index (χ2v) is 6.79. The molecule has 1 saturated carbocycles. The molecular formula is C8H9NO4S2. The molecule has 1 aliphatic carbocycles. The van der Waals surface area contributed by atoms with Crippen LogP contribution in [0.2, 0.25) is 0 Å². The lowest BCUT2D eigenvalue weighted by Crippen LogP contribution is -2.19. The normalized spacial score (nSPS) is 18.7. The molecule has 1 N–H and O–H groups in total. The van der Waals surface area contributed by atoms with Gasteiger partial charge >= 0.3 is 5.97 Å². The van der Waals surface area contributed by atoms with Crippen molar-refractivity contribution in [2.45, 2.75) is 17.6 Å². The Bertz CT molecular complexity index is 512. The van der Waals surface area contributed by atoms with Crippen molar-refractivity contribution in [1.29, 1.82) is 0 Å². The van der Waals surface area contributed by atoms with Crippen LogP contribution in [-0.2, 0) is 14.6 Å². The van der Waals surface area contributed by atoms with E-state index < -0.39 is 20.6 Å². The summed E-state index contributed by atoms with van der Waals surface area (Å²) in [4.78, 5) is 14.5. The largest absolute Gasteiger partial charge is 0.476 e. The van der Waals surface area contributed by atoms with E-state index in [2.05, 4.69) is 4.98 Å². The average Bonchev–Trinajstić information content (AvgIpc) is 2.77. The van der Waals surface area contributed by atoms with Gasteiger partial charge in [-0.2, -0.15) is 0 Å². The van der Waals surface area contributed by atoms with Crippen LogP contribution in [0.25, 0.3) is 0 Å². The summed E-state index contributed by atoms with van der Waals surface area (Å²) in [6, 6.07) is 0. The molecule has 1 aromatic rings. The third-order valence-corrected chi connectivity index (χ3v) is 5.72. The highest BCUT2D eigenvalue weighted by Gasteiger charge is 2.56. The quantitative estimate of drug-likeness (QED) is 0.856. The summed E-state index contributed by atoms with van der Waals surface area (Å²) in [7, 11) is -3.20. The number of hydrogen-bond donors (Lipinski definition) is 1. The van der Waals surface area contributed by atoms with Gasteiger partial charge in [0.25, 0.3) is 0 Å². The molecule has 0 atom stereocenters. The third kappa shape index (κ3) is 1.55. The molecular weight excluding hydrogens is 238 g/mol. The lowest BCUT2D eigenvalue weighted by molar-refractivity contribution is 0.0691. The summed E-state index contributed by atoms with van der Waals surface area (Å²) < 4.78 is 22.1. The highest BCUT2D eigenvalue weighted by atomic mass is 32.2. The molecule has 0 saturated heterocycles. The molecule has 5 nitrogen and oxygen atoms in total. The van der Waals surface area contributed by atoms with Gasteiger partial charge in [0.15, 0.2) is 15.5 Å². The SMILES string of the molecule is CS(=O)(=O)C1(c2nc(C(=O)O)cs2)CC1. The third-order valence-electron chi connectivity index (χ3n) is 2.53. The molecule has 0 bridgehead atoms. The monoisotopic (exact) mass is 247 g/mol. The van der Waals surface area contributed by atoms with Crippen molar-refractivity contribution in [1.82, 2.24) is 4.98 Å². The van der Waals surface area contributed by atoms with E-state index in [1.54, 1.807) is 0 Å². The Morgan fingerprint density at radius 3 is 2.53 bits per heavy atom. The molecule has 0 aromatic carbocycles. The molecule has 1 fully saturated rings. The number of carboxylic acids is 1. The number of carboxylic acid groups (broad SMARTS) is 1. The summed E-state index contributed by atoms with van der Waals surface area (Å²) in [6.07, 6.45) is 2.25. The van der Waals surface area contributed by atoms with E-state index in [0.717, 1.165) is 11.3 Å². The molecule has 0 radical (unpaired) electrons. The molecule has 1 heterocycles. The summed E-state index contributed by atoms with van der Waals surface area (Å²) in [5.74, 6) is -1.12. The van der Waals surface area contributed by atoms with Crippen molar-refractivity contribution in [2.75, 3.05) is 6.26 Å². The van der Waals surface area contributed by atoms with Crippen LogP contribution >= 0.6 is 11.3 Å². The molecule has 0 aliphatic heterocycles. The second kappa shape index (κ2) is 3.02. The zero-order valence-corrected chi connectivity index (χ0v) is 9.56. The lowest BCUT2D eigenvalue weighted by atomic mass is 10.4. The fourth-order valence-corrected chi connectivity index (χ4v) is 4.19. The molecule has 2 rings (SSSR count). The first-order chi connectivity index (χ1) is 6.87. The molecule has 1 aromatic heterocycles. The van der Waals surface area contributed by atoms with Crippen molar-refractivity contribution < 1.29 is 18.3 Å². The number of hydrogen-bond acceptors (Lipinski definition) is 5. The minimum Gasteiger partial charge on any atom is -0.476 e. The maximum absolute atomic E-state index is 11.5. The number of sulfone groups is 1. The predicted octanol–water partition coefficient (Wildman–Crippen LogP) is 0.875. The van der Waals surface area contributed by atoms with Crippen LogP contribution in [0.4, 0.5) is 0 Å². The van der Waals surface area contributed by atoms with E-state index >= 15 is 0 Å². The number of aromatic nitrogens is 1. The van der Waals surface area contributed by atoms with Crippen LogP contribution in [0.5, 0.6) is 0 Å². The standard InChI is InChI=1S/C8H9NO4S2/c1-15(12,13)8(2-3-8)7-9-5(4-14-7)6(10)11/h4H,2-3H2,1H3,(H,10,11).